The molecule has 3 rings (SSSR count). The summed E-state index contributed by atoms with van der Waals surface area (Å²) in [6, 6.07) is 13.1. The second-order valence-electron chi connectivity index (χ2n) is 4.41. The molecular formula is C16H13FN2. The van der Waals surface area contributed by atoms with E-state index in [0.29, 0.717) is 5.56 Å². The minimum absolute atomic E-state index is 0.214. The molecule has 0 bridgehead atoms. The van der Waals surface area contributed by atoms with E-state index in [4.69, 9.17) is 5.73 Å². The molecule has 2 N–H and O–H groups in total. The van der Waals surface area contributed by atoms with Crippen molar-refractivity contribution in [3.8, 4) is 11.1 Å². The van der Waals surface area contributed by atoms with Crippen LogP contribution in [0.5, 0.6) is 0 Å². The highest BCUT2D eigenvalue weighted by Gasteiger charge is 2.07. The Balaban J connectivity index is 2.22. The molecule has 2 nitrogen and oxygen atoms in total. The molecule has 0 saturated carbocycles. The van der Waals surface area contributed by atoms with E-state index in [2.05, 4.69) is 4.98 Å². The topological polar surface area (TPSA) is 38.9 Å². The summed E-state index contributed by atoms with van der Waals surface area (Å²) in [5.74, 6) is -0.258. The maximum atomic E-state index is 13.8. The lowest BCUT2D eigenvalue weighted by Crippen LogP contribution is -1.99. The first-order chi connectivity index (χ1) is 9.29. The first-order valence-electron chi connectivity index (χ1n) is 6.11. The van der Waals surface area contributed by atoms with Gasteiger partial charge < -0.3 is 5.73 Å². The fraction of sp³-hybridized carbons (Fsp3) is 0.0625. The van der Waals surface area contributed by atoms with Crippen molar-refractivity contribution in [2.45, 2.75) is 6.54 Å². The quantitative estimate of drug-likeness (QED) is 0.758. The van der Waals surface area contributed by atoms with Crippen LogP contribution in [0.25, 0.3) is 21.9 Å². The minimum atomic E-state index is -0.258. The Morgan fingerprint density at radius 2 is 2.00 bits per heavy atom. The zero-order valence-corrected chi connectivity index (χ0v) is 10.3. The van der Waals surface area contributed by atoms with Gasteiger partial charge in [0.1, 0.15) is 5.82 Å². The predicted octanol–water partition coefficient (Wildman–Crippen LogP) is 3.50. The largest absolute Gasteiger partial charge is 0.326 e. The highest BCUT2D eigenvalue weighted by molar-refractivity contribution is 5.96. The van der Waals surface area contributed by atoms with Crippen LogP contribution in [0, 0.1) is 5.82 Å². The van der Waals surface area contributed by atoms with E-state index in [9.17, 15) is 4.39 Å². The number of halogens is 1. The molecule has 19 heavy (non-hydrogen) atoms. The average Bonchev–Trinajstić information content (AvgIpc) is 2.46. The Hall–Kier alpha value is -2.26. The highest BCUT2D eigenvalue weighted by Crippen LogP contribution is 2.29. The predicted molar refractivity (Wildman–Crippen MR) is 75.0 cm³/mol. The molecule has 0 unspecified atom stereocenters. The molecular weight excluding hydrogens is 239 g/mol. The molecule has 0 atom stereocenters. The first kappa shape index (κ1) is 11.8. The SMILES string of the molecule is NCc1ccc(-c2cccc3cnccc23)cc1F. The lowest BCUT2D eigenvalue weighted by Gasteiger charge is -2.08. The Bertz CT molecular complexity index is 732. The van der Waals surface area contributed by atoms with Gasteiger partial charge in [-0.1, -0.05) is 30.3 Å². The molecule has 0 aliphatic carbocycles. The molecule has 3 heteroatoms. The Labute approximate surface area is 110 Å². The first-order valence-corrected chi connectivity index (χ1v) is 6.11. The zero-order chi connectivity index (χ0) is 13.2. The van der Waals surface area contributed by atoms with Crippen LogP contribution < -0.4 is 5.73 Å². The van der Waals surface area contributed by atoms with Crippen LogP contribution in [0.2, 0.25) is 0 Å². The number of hydrogen-bond acceptors (Lipinski definition) is 2. The molecule has 0 spiro atoms. The molecule has 0 radical (unpaired) electrons. The number of nitrogens with two attached hydrogens (primary N) is 1. The lowest BCUT2D eigenvalue weighted by atomic mass is 9.98. The van der Waals surface area contributed by atoms with Crippen LogP contribution in [0.15, 0.2) is 54.9 Å². The summed E-state index contributed by atoms with van der Waals surface area (Å²) < 4.78 is 13.8. The van der Waals surface area contributed by atoms with Crippen molar-refractivity contribution in [1.82, 2.24) is 4.98 Å². The molecule has 0 fully saturated rings. The van der Waals surface area contributed by atoms with Crippen LogP contribution in [-0.4, -0.2) is 4.98 Å². The maximum absolute atomic E-state index is 13.8. The molecule has 1 heterocycles. The van der Waals surface area contributed by atoms with Gasteiger partial charge in [0.15, 0.2) is 0 Å². The van der Waals surface area contributed by atoms with Crippen molar-refractivity contribution in [2.75, 3.05) is 0 Å². The third kappa shape index (κ3) is 2.09. The third-order valence-corrected chi connectivity index (χ3v) is 3.26. The second kappa shape index (κ2) is 4.78. The van der Waals surface area contributed by atoms with Gasteiger partial charge in [-0.25, -0.2) is 4.39 Å². The minimum Gasteiger partial charge on any atom is -0.326 e. The van der Waals surface area contributed by atoms with Gasteiger partial charge in [-0.2, -0.15) is 0 Å². The summed E-state index contributed by atoms with van der Waals surface area (Å²) >= 11 is 0. The number of hydrogen-bond donors (Lipinski definition) is 1. The van der Waals surface area contributed by atoms with Gasteiger partial charge in [0.2, 0.25) is 0 Å². The summed E-state index contributed by atoms with van der Waals surface area (Å²) in [5, 5.41) is 2.11. The van der Waals surface area contributed by atoms with Crippen molar-refractivity contribution in [1.29, 1.82) is 0 Å². The van der Waals surface area contributed by atoms with Gasteiger partial charge in [0.05, 0.1) is 0 Å². The molecule has 2 aromatic carbocycles. The van der Waals surface area contributed by atoms with Crippen LogP contribution in [0.3, 0.4) is 0 Å². The van der Waals surface area contributed by atoms with Gasteiger partial charge in [-0.05, 0) is 28.6 Å². The zero-order valence-electron chi connectivity index (χ0n) is 10.3. The summed E-state index contributed by atoms with van der Waals surface area (Å²) in [7, 11) is 0. The summed E-state index contributed by atoms with van der Waals surface area (Å²) in [4.78, 5) is 4.10. The van der Waals surface area contributed by atoms with E-state index in [1.165, 1.54) is 6.07 Å². The molecule has 0 aliphatic rings. The van der Waals surface area contributed by atoms with E-state index in [1.54, 1.807) is 12.3 Å². The molecule has 1 aromatic heterocycles. The van der Waals surface area contributed by atoms with Gasteiger partial charge in [-0.3, -0.25) is 4.98 Å². The monoisotopic (exact) mass is 252 g/mol. The smallest absolute Gasteiger partial charge is 0.128 e. The van der Waals surface area contributed by atoms with Gasteiger partial charge in [-0.15, -0.1) is 0 Å². The third-order valence-electron chi connectivity index (χ3n) is 3.26. The maximum Gasteiger partial charge on any atom is 0.128 e. The van der Waals surface area contributed by atoms with Gasteiger partial charge in [0.25, 0.3) is 0 Å². The van der Waals surface area contributed by atoms with Crippen LogP contribution in [0.1, 0.15) is 5.56 Å². The molecule has 0 amide bonds. The van der Waals surface area contributed by atoms with Crippen molar-refractivity contribution in [2.24, 2.45) is 5.73 Å². The van der Waals surface area contributed by atoms with E-state index < -0.39 is 0 Å². The Morgan fingerprint density at radius 1 is 1.11 bits per heavy atom. The second-order valence-corrected chi connectivity index (χ2v) is 4.41. The van der Waals surface area contributed by atoms with Crippen LogP contribution >= 0.6 is 0 Å². The molecule has 0 aliphatic heterocycles. The van der Waals surface area contributed by atoms with Crippen molar-refractivity contribution < 1.29 is 4.39 Å². The number of pyridine rings is 1. The van der Waals surface area contributed by atoms with Crippen LogP contribution in [-0.2, 0) is 6.54 Å². The van der Waals surface area contributed by atoms with Crippen molar-refractivity contribution in [3.05, 3.63) is 66.2 Å². The average molecular weight is 252 g/mol. The Morgan fingerprint density at radius 3 is 2.79 bits per heavy atom. The number of nitrogens with zero attached hydrogens (tertiary/aromatic N) is 1. The number of aromatic nitrogens is 1. The van der Waals surface area contributed by atoms with Crippen molar-refractivity contribution in [3.63, 3.8) is 0 Å². The van der Waals surface area contributed by atoms with E-state index >= 15 is 0 Å². The fourth-order valence-electron chi connectivity index (χ4n) is 2.25. The van der Waals surface area contributed by atoms with Crippen molar-refractivity contribution >= 4 is 10.8 Å². The highest BCUT2D eigenvalue weighted by atomic mass is 19.1. The number of benzene rings is 2. The molecule has 94 valence electrons. The molecule has 3 aromatic rings. The number of fused-ring (bicyclic) bond motifs is 1. The normalized spacial score (nSPS) is 10.8. The van der Waals surface area contributed by atoms with Crippen LogP contribution in [0.4, 0.5) is 4.39 Å². The summed E-state index contributed by atoms with van der Waals surface area (Å²) in [5.41, 5.74) is 7.87. The lowest BCUT2D eigenvalue weighted by molar-refractivity contribution is 0.611. The fourth-order valence-corrected chi connectivity index (χ4v) is 2.25. The standard InChI is InChI=1S/C16H13FN2/c17-16-8-11(4-5-12(16)9-18)14-3-1-2-13-10-19-7-6-15(13)14/h1-8,10H,9,18H2. The van der Waals surface area contributed by atoms with E-state index in [0.717, 1.165) is 21.9 Å². The number of rotatable bonds is 2. The summed E-state index contributed by atoms with van der Waals surface area (Å²) in [6.45, 7) is 0.214. The van der Waals surface area contributed by atoms with E-state index in [1.807, 2.05) is 36.5 Å². The summed E-state index contributed by atoms with van der Waals surface area (Å²) in [6.07, 6.45) is 3.56. The van der Waals surface area contributed by atoms with Gasteiger partial charge in [0, 0.05) is 29.9 Å². The molecule has 0 saturated heterocycles. The van der Waals surface area contributed by atoms with Gasteiger partial charge >= 0.3 is 0 Å². The van der Waals surface area contributed by atoms with E-state index in [-0.39, 0.29) is 12.4 Å². The Kier molecular flexibility index (Phi) is 2.97.